The Morgan fingerprint density at radius 2 is 1.14 bits per heavy atom. The normalized spacial score (nSPS) is 10.4. The van der Waals surface area contributed by atoms with E-state index in [2.05, 4.69) is 61.5 Å². The molecule has 1 heteroatoms. The summed E-state index contributed by atoms with van der Waals surface area (Å²) < 4.78 is 5.62. The number of aryl methyl sites for hydroxylation is 1. The van der Waals surface area contributed by atoms with Crippen molar-refractivity contribution >= 4 is 0 Å². The number of ether oxygens (including phenoxy) is 1. The molecule has 3 aromatic carbocycles. The molecule has 0 spiro atoms. The molecule has 0 bridgehead atoms. The molecular weight excluding hydrogens is 256 g/mol. The summed E-state index contributed by atoms with van der Waals surface area (Å²) in [5.74, 6) is 0.908. The second-order valence-electron chi connectivity index (χ2n) is 5.07. The van der Waals surface area contributed by atoms with Gasteiger partial charge in [-0.05, 0) is 35.2 Å². The third kappa shape index (κ3) is 2.55. The van der Waals surface area contributed by atoms with Gasteiger partial charge < -0.3 is 4.74 Å². The van der Waals surface area contributed by atoms with E-state index in [1.807, 2.05) is 18.2 Å². The van der Waals surface area contributed by atoms with Gasteiger partial charge in [-0.25, -0.2) is 0 Å². The summed E-state index contributed by atoms with van der Waals surface area (Å²) >= 11 is 0. The molecule has 0 N–H and O–H groups in total. The molecule has 0 saturated heterocycles. The van der Waals surface area contributed by atoms with Crippen LogP contribution in [0.2, 0.25) is 0 Å². The summed E-state index contributed by atoms with van der Waals surface area (Å²) in [5.41, 5.74) is 6.04. The topological polar surface area (TPSA) is 9.23 Å². The highest BCUT2D eigenvalue weighted by Crippen LogP contribution is 2.41. The number of hydrogen-bond acceptors (Lipinski definition) is 1. The molecule has 3 rings (SSSR count). The number of rotatable bonds is 3. The summed E-state index contributed by atoms with van der Waals surface area (Å²) in [7, 11) is 1.73. The molecule has 0 aliphatic heterocycles. The van der Waals surface area contributed by atoms with Crippen molar-refractivity contribution in [3.63, 3.8) is 0 Å². The van der Waals surface area contributed by atoms with E-state index in [0.717, 1.165) is 11.3 Å². The first-order valence-electron chi connectivity index (χ1n) is 7.09. The predicted octanol–water partition coefficient (Wildman–Crippen LogP) is 5.34. The number of benzene rings is 3. The minimum absolute atomic E-state index is 0.908. The zero-order valence-electron chi connectivity index (χ0n) is 12.3. The van der Waals surface area contributed by atoms with Crippen molar-refractivity contribution in [2.24, 2.45) is 0 Å². The van der Waals surface area contributed by atoms with Crippen molar-refractivity contribution in [2.45, 2.75) is 6.92 Å². The Bertz CT molecular complexity index is 731. The molecule has 21 heavy (non-hydrogen) atoms. The molecule has 0 fully saturated rings. The third-order valence-electron chi connectivity index (χ3n) is 3.72. The molecule has 0 aromatic heterocycles. The average molecular weight is 274 g/mol. The van der Waals surface area contributed by atoms with Crippen LogP contribution >= 0.6 is 0 Å². The van der Waals surface area contributed by atoms with Crippen LogP contribution < -0.4 is 4.74 Å². The fourth-order valence-electron chi connectivity index (χ4n) is 2.73. The monoisotopic (exact) mass is 274 g/mol. The lowest BCUT2D eigenvalue weighted by atomic mass is 9.90. The van der Waals surface area contributed by atoms with Gasteiger partial charge in [0.05, 0.1) is 7.11 Å². The molecule has 3 aromatic rings. The highest BCUT2D eigenvalue weighted by atomic mass is 16.5. The Morgan fingerprint density at radius 1 is 0.619 bits per heavy atom. The van der Waals surface area contributed by atoms with E-state index in [1.54, 1.807) is 7.11 Å². The van der Waals surface area contributed by atoms with Crippen LogP contribution in [0.15, 0.2) is 72.8 Å². The van der Waals surface area contributed by atoms with Crippen molar-refractivity contribution in [1.82, 2.24) is 0 Å². The van der Waals surface area contributed by atoms with Crippen molar-refractivity contribution < 1.29 is 4.74 Å². The van der Waals surface area contributed by atoms with Crippen molar-refractivity contribution in [1.29, 1.82) is 0 Å². The fourth-order valence-corrected chi connectivity index (χ4v) is 2.73. The van der Waals surface area contributed by atoms with Gasteiger partial charge in [0.2, 0.25) is 0 Å². The molecule has 0 amide bonds. The third-order valence-corrected chi connectivity index (χ3v) is 3.72. The number of hydrogen-bond donors (Lipinski definition) is 0. The van der Waals surface area contributed by atoms with E-state index in [9.17, 15) is 0 Å². The van der Waals surface area contributed by atoms with Gasteiger partial charge in [0, 0.05) is 5.56 Å². The highest BCUT2D eigenvalue weighted by Gasteiger charge is 2.15. The maximum Gasteiger partial charge on any atom is 0.127 e. The van der Waals surface area contributed by atoms with Gasteiger partial charge in [0.15, 0.2) is 0 Å². The van der Waals surface area contributed by atoms with Crippen LogP contribution in [-0.2, 0) is 0 Å². The second kappa shape index (κ2) is 5.84. The lowest BCUT2D eigenvalue weighted by Crippen LogP contribution is -1.94. The maximum atomic E-state index is 5.62. The van der Waals surface area contributed by atoms with Crippen molar-refractivity contribution in [3.05, 3.63) is 78.4 Å². The van der Waals surface area contributed by atoms with Crippen molar-refractivity contribution in [2.75, 3.05) is 7.11 Å². The smallest absolute Gasteiger partial charge is 0.127 e. The molecule has 0 saturated carbocycles. The van der Waals surface area contributed by atoms with E-state index in [1.165, 1.54) is 22.3 Å². The zero-order chi connectivity index (χ0) is 14.7. The molecule has 0 heterocycles. The Labute approximate surface area is 125 Å². The standard InChI is InChI=1S/C20H18O/c1-15-13-14-18(21-2)20(17-11-7-4-8-12-17)19(15)16-9-5-3-6-10-16/h3-14H,1-2H3. The van der Waals surface area contributed by atoms with Crippen LogP contribution in [0.1, 0.15) is 5.56 Å². The van der Waals surface area contributed by atoms with Crippen LogP contribution in [0.25, 0.3) is 22.3 Å². The average Bonchev–Trinajstić information content (AvgIpc) is 2.56. The summed E-state index contributed by atoms with van der Waals surface area (Å²) in [4.78, 5) is 0. The van der Waals surface area contributed by atoms with Crippen LogP contribution in [-0.4, -0.2) is 7.11 Å². The van der Waals surface area contributed by atoms with E-state index >= 15 is 0 Å². The summed E-state index contributed by atoms with van der Waals surface area (Å²) in [5, 5.41) is 0. The predicted molar refractivity (Wildman–Crippen MR) is 88.6 cm³/mol. The van der Waals surface area contributed by atoms with Crippen LogP contribution in [0.3, 0.4) is 0 Å². The van der Waals surface area contributed by atoms with Crippen molar-refractivity contribution in [3.8, 4) is 28.0 Å². The van der Waals surface area contributed by atoms with Crippen LogP contribution in [0.4, 0.5) is 0 Å². The number of methoxy groups -OCH3 is 1. The zero-order valence-corrected chi connectivity index (χ0v) is 12.3. The van der Waals surface area contributed by atoms with E-state index in [-0.39, 0.29) is 0 Å². The largest absolute Gasteiger partial charge is 0.496 e. The Kier molecular flexibility index (Phi) is 3.74. The van der Waals surface area contributed by atoms with Gasteiger partial charge in [0.25, 0.3) is 0 Å². The van der Waals surface area contributed by atoms with Crippen LogP contribution in [0.5, 0.6) is 5.75 Å². The minimum Gasteiger partial charge on any atom is -0.496 e. The quantitative estimate of drug-likeness (QED) is 0.626. The minimum atomic E-state index is 0.908. The first-order valence-corrected chi connectivity index (χ1v) is 7.09. The van der Waals surface area contributed by atoms with Crippen LogP contribution in [0, 0.1) is 6.92 Å². The Morgan fingerprint density at radius 3 is 1.67 bits per heavy atom. The van der Waals surface area contributed by atoms with E-state index in [0.29, 0.717) is 0 Å². The maximum absolute atomic E-state index is 5.62. The first-order chi connectivity index (χ1) is 10.3. The molecule has 0 unspecified atom stereocenters. The summed E-state index contributed by atoms with van der Waals surface area (Å²) in [6.07, 6.45) is 0. The summed E-state index contributed by atoms with van der Waals surface area (Å²) in [6, 6.07) is 25.1. The van der Waals surface area contributed by atoms with Gasteiger partial charge in [-0.1, -0.05) is 66.7 Å². The lowest BCUT2D eigenvalue weighted by molar-refractivity contribution is 0.416. The fraction of sp³-hybridized carbons (Fsp3) is 0.100. The molecule has 1 nitrogen and oxygen atoms in total. The lowest BCUT2D eigenvalue weighted by Gasteiger charge is -2.17. The molecule has 0 atom stereocenters. The molecule has 0 aliphatic rings. The molecule has 104 valence electrons. The molecular formula is C20H18O. The van der Waals surface area contributed by atoms with Gasteiger partial charge >= 0.3 is 0 Å². The molecule has 0 radical (unpaired) electrons. The SMILES string of the molecule is COc1ccc(C)c(-c2ccccc2)c1-c1ccccc1. The molecule has 0 aliphatic carbocycles. The first kappa shape index (κ1) is 13.4. The van der Waals surface area contributed by atoms with E-state index in [4.69, 9.17) is 4.74 Å². The summed E-state index contributed by atoms with van der Waals surface area (Å²) in [6.45, 7) is 2.15. The Balaban J connectivity index is 2.33. The van der Waals surface area contributed by atoms with Gasteiger partial charge in [-0.3, -0.25) is 0 Å². The second-order valence-corrected chi connectivity index (χ2v) is 5.07. The Hall–Kier alpha value is -2.54. The van der Waals surface area contributed by atoms with Gasteiger partial charge in [0.1, 0.15) is 5.75 Å². The van der Waals surface area contributed by atoms with Gasteiger partial charge in [-0.2, -0.15) is 0 Å². The van der Waals surface area contributed by atoms with E-state index < -0.39 is 0 Å². The van der Waals surface area contributed by atoms with Gasteiger partial charge in [-0.15, -0.1) is 0 Å². The highest BCUT2D eigenvalue weighted by molar-refractivity contribution is 5.89.